The zero-order valence-electron chi connectivity index (χ0n) is 10.3. The Kier molecular flexibility index (Phi) is 3.78. The lowest BCUT2D eigenvalue weighted by atomic mass is 10.0. The van der Waals surface area contributed by atoms with Gasteiger partial charge in [-0.15, -0.1) is 10.2 Å². The third kappa shape index (κ3) is 3.32. The smallest absolute Gasteiger partial charge is 0.211 e. The number of nitrogens with zero attached hydrogens (tertiary/aromatic N) is 2. The van der Waals surface area contributed by atoms with Crippen molar-refractivity contribution in [2.75, 3.05) is 5.73 Å². The lowest BCUT2D eigenvalue weighted by Crippen LogP contribution is -2.22. The Morgan fingerprint density at radius 2 is 1.32 bits per heavy atom. The van der Waals surface area contributed by atoms with Gasteiger partial charge in [0.05, 0.1) is 0 Å². The summed E-state index contributed by atoms with van der Waals surface area (Å²) >= 11 is 0. The van der Waals surface area contributed by atoms with Crippen LogP contribution in [0, 0.1) is 0 Å². The van der Waals surface area contributed by atoms with Gasteiger partial charge in [-0.1, -0.05) is 42.5 Å². The van der Waals surface area contributed by atoms with Crippen LogP contribution in [0.1, 0.15) is 11.1 Å². The van der Waals surface area contributed by atoms with Crippen molar-refractivity contribution in [1.29, 1.82) is 0 Å². The molecule has 0 aliphatic carbocycles. The maximum absolute atomic E-state index is 5.68. The molecule has 0 aliphatic rings. The molecular weight excluding hydrogens is 238 g/mol. The lowest BCUT2D eigenvalue weighted by molar-refractivity contribution is 1.20. The van der Waals surface area contributed by atoms with Gasteiger partial charge in [-0.2, -0.15) is 0 Å². The fraction of sp³-hybridized carbons (Fsp3) is 0. The Morgan fingerprint density at radius 3 is 1.89 bits per heavy atom. The number of nitrogens with two attached hydrogens (primary N) is 3. The van der Waals surface area contributed by atoms with Crippen LogP contribution in [0.3, 0.4) is 0 Å². The Morgan fingerprint density at radius 1 is 0.737 bits per heavy atom. The second kappa shape index (κ2) is 5.68. The van der Waals surface area contributed by atoms with Crippen LogP contribution in [0.25, 0.3) is 0 Å². The van der Waals surface area contributed by atoms with Gasteiger partial charge in [-0.05, 0) is 12.1 Å². The SMILES string of the molecule is NC(N)=N/N=C(/c1ccccc1)c1ccc(N)cc1. The molecule has 2 aromatic rings. The molecule has 5 heteroatoms. The van der Waals surface area contributed by atoms with Crippen molar-refractivity contribution in [2.24, 2.45) is 21.7 Å². The van der Waals surface area contributed by atoms with Gasteiger partial charge in [-0.25, -0.2) is 0 Å². The van der Waals surface area contributed by atoms with Gasteiger partial charge in [0.15, 0.2) is 0 Å². The summed E-state index contributed by atoms with van der Waals surface area (Å²) in [6.07, 6.45) is 0. The first-order chi connectivity index (χ1) is 9.16. The summed E-state index contributed by atoms with van der Waals surface area (Å²) < 4.78 is 0. The van der Waals surface area contributed by atoms with Crippen molar-refractivity contribution in [3.05, 3.63) is 65.7 Å². The van der Waals surface area contributed by atoms with Crippen LogP contribution in [0.5, 0.6) is 0 Å². The van der Waals surface area contributed by atoms with E-state index in [0.717, 1.165) is 11.1 Å². The molecule has 96 valence electrons. The second-order valence-electron chi connectivity index (χ2n) is 3.96. The predicted octanol–water partition coefficient (Wildman–Crippen LogP) is 1.29. The van der Waals surface area contributed by atoms with Crippen LogP contribution in [-0.4, -0.2) is 11.7 Å². The van der Waals surface area contributed by atoms with Gasteiger partial charge in [-0.3, -0.25) is 0 Å². The molecule has 6 N–H and O–H groups in total. The topological polar surface area (TPSA) is 103 Å². The molecule has 19 heavy (non-hydrogen) atoms. The zero-order valence-corrected chi connectivity index (χ0v) is 10.3. The number of nitrogen functional groups attached to an aromatic ring is 1. The Bertz CT molecular complexity index is 595. The first-order valence-corrected chi connectivity index (χ1v) is 5.75. The molecule has 0 aromatic heterocycles. The van der Waals surface area contributed by atoms with E-state index in [-0.39, 0.29) is 5.96 Å². The van der Waals surface area contributed by atoms with Crippen molar-refractivity contribution < 1.29 is 0 Å². The molecule has 0 fully saturated rings. The molecule has 2 aromatic carbocycles. The number of rotatable bonds is 3. The normalized spacial score (nSPS) is 11.1. The lowest BCUT2D eigenvalue weighted by Gasteiger charge is -2.06. The summed E-state index contributed by atoms with van der Waals surface area (Å²) in [6, 6.07) is 17.0. The monoisotopic (exact) mass is 253 g/mol. The van der Waals surface area contributed by atoms with Crippen LogP contribution in [-0.2, 0) is 0 Å². The van der Waals surface area contributed by atoms with Gasteiger partial charge in [0.1, 0.15) is 5.71 Å². The van der Waals surface area contributed by atoms with Crippen LogP contribution >= 0.6 is 0 Å². The van der Waals surface area contributed by atoms with Crippen molar-refractivity contribution in [3.8, 4) is 0 Å². The largest absolute Gasteiger partial charge is 0.399 e. The fourth-order valence-corrected chi connectivity index (χ4v) is 1.63. The number of guanidine groups is 1. The molecule has 0 atom stereocenters. The zero-order chi connectivity index (χ0) is 13.7. The van der Waals surface area contributed by atoms with Crippen LogP contribution < -0.4 is 17.2 Å². The summed E-state index contributed by atoms with van der Waals surface area (Å²) in [7, 11) is 0. The van der Waals surface area contributed by atoms with Crippen LogP contribution in [0.2, 0.25) is 0 Å². The van der Waals surface area contributed by atoms with Crippen molar-refractivity contribution >= 4 is 17.4 Å². The molecule has 0 spiro atoms. The molecule has 0 unspecified atom stereocenters. The fourth-order valence-electron chi connectivity index (χ4n) is 1.63. The summed E-state index contributed by atoms with van der Waals surface area (Å²) in [5.41, 5.74) is 19.5. The number of hydrogen-bond acceptors (Lipinski definition) is 3. The summed E-state index contributed by atoms with van der Waals surface area (Å²) in [5, 5.41) is 7.84. The van der Waals surface area contributed by atoms with E-state index in [0.29, 0.717) is 11.4 Å². The molecule has 0 radical (unpaired) electrons. The van der Waals surface area contributed by atoms with E-state index in [4.69, 9.17) is 17.2 Å². The summed E-state index contributed by atoms with van der Waals surface area (Å²) in [4.78, 5) is 0. The second-order valence-corrected chi connectivity index (χ2v) is 3.96. The van der Waals surface area contributed by atoms with Gasteiger partial charge in [0, 0.05) is 16.8 Å². The predicted molar refractivity (Wildman–Crippen MR) is 78.7 cm³/mol. The maximum atomic E-state index is 5.68. The summed E-state index contributed by atoms with van der Waals surface area (Å²) in [5.74, 6) is -0.0797. The van der Waals surface area contributed by atoms with Crippen LogP contribution in [0.4, 0.5) is 5.69 Å². The van der Waals surface area contributed by atoms with Gasteiger partial charge in [0.25, 0.3) is 0 Å². The highest BCUT2D eigenvalue weighted by molar-refractivity contribution is 6.13. The molecule has 0 saturated carbocycles. The summed E-state index contributed by atoms with van der Waals surface area (Å²) in [6.45, 7) is 0. The van der Waals surface area contributed by atoms with Crippen LogP contribution in [0.15, 0.2) is 64.8 Å². The minimum Gasteiger partial charge on any atom is -0.399 e. The van der Waals surface area contributed by atoms with E-state index in [9.17, 15) is 0 Å². The molecule has 0 saturated heterocycles. The highest BCUT2D eigenvalue weighted by Crippen LogP contribution is 2.13. The highest BCUT2D eigenvalue weighted by atomic mass is 15.3. The average Bonchev–Trinajstić information content (AvgIpc) is 2.42. The molecule has 2 rings (SSSR count). The molecule has 0 aliphatic heterocycles. The molecule has 0 bridgehead atoms. The first-order valence-electron chi connectivity index (χ1n) is 5.75. The minimum atomic E-state index is -0.0797. The van der Waals surface area contributed by atoms with E-state index in [1.165, 1.54) is 0 Å². The van der Waals surface area contributed by atoms with Crippen molar-refractivity contribution in [1.82, 2.24) is 0 Å². The van der Waals surface area contributed by atoms with E-state index in [1.807, 2.05) is 54.6 Å². The van der Waals surface area contributed by atoms with E-state index in [1.54, 1.807) is 0 Å². The Balaban J connectivity index is 2.49. The van der Waals surface area contributed by atoms with Gasteiger partial charge in [0.2, 0.25) is 5.96 Å². The van der Waals surface area contributed by atoms with E-state index < -0.39 is 0 Å². The third-order valence-electron chi connectivity index (χ3n) is 2.50. The quantitative estimate of drug-likeness (QED) is 0.332. The van der Waals surface area contributed by atoms with Crippen molar-refractivity contribution in [3.63, 3.8) is 0 Å². The highest BCUT2D eigenvalue weighted by Gasteiger charge is 2.06. The van der Waals surface area contributed by atoms with E-state index >= 15 is 0 Å². The standard InChI is InChI=1S/C14H15N5/c15-12-8-6-11(7-9-12)13(18-19-14(16)17)10-4-2-1-3-5-10/h1-9H,15H2,(H4,16,17,19)/b18-13-. The number of hydrogen-bond donors (Lipinski definition) is 3. The number of anilines is 1. The molecule has 0 amide bonds. The molecule has 0 heterocycles. The van der Waals surface area contributed by atoms with E-state index in [2.05, 4.69) is 10.2 Å². The third-order valence-corrected chi connectivity index (χ3v) is 2.50. The minimum absolute atomic E-state index is 0.0797. The Hall–Kier alpha value is -2.82. The number of benzene rings is 2. The van der Waals surface area contributed by atoms with Gasteiger partial charge < -0.3 is 17.2 Å². The molecule has 5 nitrogen and oxygen atoms in total. The molecular formula is C14H15N5. The maximum Gasteiger partial charge on any atom is 0.211 e. The first kappa shape index (κ1) is 12.6. The van der Waals surface area contributed by atoms with Gasteiger partial charge >= 0.3 is 0 Å². The van der Waals surface area contributed by atoms with Crippen molar-refractivity contribution in [2.45, 2.75) is 0 Å². The average molecular weight is 253 g/mol. The Labute approximate surface area is 111 Å².